The van der Waals surface area contributed by atoms with Gasteiger partial charge in [-0.15, -0.1) is 0 Å². The predicted octanol–water partition coefficient (Wildman–Crippen LogP) is 2.30. The number of halogens is 1. The molecule has 2 aromatic carbocycles. The number of quaternary nitrogens is 1. The average molecular weight is 439 g/mol. The fourth-order valence-electron chi connectivity index (χ4n) is 5.82. The first kappa shape index (κ1) is 21.1. The van der Waals surface area contributed by atoms with Gasteiger partial charge in [-0.3, -0.25) is 0 Å². The second kappa shape index (κ2) is 8.39. The quantitative estimate of drug-likeness (QED) is 0.671. The van der Waals surface area contributed by atoms with Crippen LogP contribution in [-0.4, -0.2) is 30.7 Å². The molecule has 2 aromatic rings. The highest BCUT2D eigenvalue weighted by Crippen LogP contribution is 2.46. The molecule has 2 fully saturated rings. The van der Waals surface area contributed by atoms with Crippen molar-refractivity contribution < 1.29 is 21.5 Å². The van der Waals surface area contributed by atoms with E-state index in [4.69, 9.17) is 0 Å². The fourth-order valence-corrected chi connectivity index (χ4v) is 5.82. The number of hydrogen-bond donors (Lipinski definition) is 0. The monoisotopic (exact) mass is 438 g/mol. The molecule has 2 bridgehead atoms. The number of hydrogen-bond acceptors (Lipinski definition) is 1. The molecule has 4 rings (SSSR count). The number of benzene rings is 2. The minimum absolute atomic E-state index is 0. The van der Waals surface area contributed by atoms with Gasteiger partial charge in [-0.25, -0.2) is 0 Å². The third kappa shape index (κ3) is 3.65. The van der Waals surface area contributed by atoms with E-state index in [0.29, 0.717) is 5.92 Å². The normalized spacial score (nSPS) is 26.0. The van der Waals surface area contributed by atoms with Gasteiger partial charge in [-0.1, -0.05) is 60.7 Å². The molecule has 148 valence electrons. The Morgan fingerprint density at radius 3 is 1.79 bits per heavy atom. The van der Waals surface area contributed by atoms with Crippen LogP contribution in [0.2, 0.25) is 0 Å². The second-order valence-electron chi connectivity index (χ2n) is 9.16. The van der Waals surface area contributed by atoms with E-state index in [2.05, 4.69) is 68.7 Å². The highest BCUT2D eigenvalue weighted by atomic mass is 79.9. The highest BCUT2D eigenvalue weighted by molar-refractivity contribution is 5.45. The summed E-state index contributed by atoms with van der Waals surface area (Å²) in [6.45, 7) is 0. The Kier molecular flexibility index (Phi) is 6.32. The first-order valence-corrected chi connectivity index (χ1v) is 10.4. The van der Waals surface area contributed by atoms with Gasteiger partial charge in [0.05, 0.1) is 32.2 Å². The molecule has 2 atom stereocenters. The molecule has 2 heterocycles. The van der Waals surface area contributed by atoms with Gasteiger partial charge >= 0.3 is 0 Å². The van der Waals surface area contributed by atoms with E-state index in [-0.39, 0.29) is 17.0 Å². The zero-order chi connectivity index (χ0) is 18.9. The maximum atomic E-state index is 10.5. The van der Waals surface area contributed by atoms with Crippen molar-refractivity contribution in [1.29, 1.82) is 5.26 Å². The van der Waals surface area contributed by atoms with Gasteiger partial charge in [0.15, 0.2) is 0 Å². The van der Waals surface area contributed by atoms with Crippen molar-refractivity contribution in [3.8, 4) is 6.07 Å². The van der Waals surface area contributed by atoms with Crippen LogP contribution in [0.25, 0.3) is 0 Å². The summed E-state index contributed by atoms with van der Waals surface area (Å²) in [6.07, 6.45) is 7.51. The summed E-state index contributed by atoms with van der Waals surface area (Å²) in [5.74, 6) is 0.617. The molecule has 2 saturated heterocycles. The Bertz CT molecular complexity index is 754. The van der Waals surface area contributed by atoms with Gasteiger partial charge in [-0.2, -0.15) is 5.26 Å². The van der Waals surface area contributed by atoms with E-state index in [9.17, 15) is 5.26 Å². The standard InChI is InChI=1S/C25H31N2.BrH/c1-27(2)23-14-9-15-24(27)17-20(16-23)18-25(19-26,21-10-5-3-6-11-21)22-12-7-4-8-13-22;/h3-8,10-13,20,23-24H,9,14-18H2,1-2H3;1H/q+1;/p-1. The summed E-state index contributed by atoms with van der Waals surface area (Å²) in [6, 6.07) is 25.2. The number of rotatable bonds is 4. The van der Waals surface area contributed by atoms with Crippen LogP contribution in [0.4, 0.5) is 0 Å². The van der Waals surface area contributed by atoms with Gasteiger partial charge < -0.3 is 21.5 Å². The van der Waals surface area contributed by atoms with E-state index in [0.717, 1.165) is 29.6 Å². The Morgan fingerprint density at radius 1 is 0.893 bits per heavy atom. The molecule has 0 spiro atoms. The molecule has 3 heteroatoms. The van der Waals surface area contributed by atoms with Gasteiger partial charge in [0.1, 0.15) is 5.41 Å². The fraction of sp³-hybridized carbons (Fsp3) is 0.480. The molecule has 0 saturated carbocycles. The summed E-state index contributed by atoms with van der Waals surface area (Å²) < 4.78 is 1.19. The molecule has 0 N–H and O–H groups in total. The van der Waals surface area contributed by atoms with Gasteiger partial charge in [0.25, 0.3) is 0 Å². The van der Waals surface area contributed by atoms with Gasteiger partial charge in [0.2, 0.25) is 0 Å². The Hall–Kier alpha value is -1.63. The average Bonchev–Trinajstić information content (AvgIpc) is 2.68. The van der Waals surface area contributed by atoms with Crippen LogP contribution in [-0.2, 0) is 5.41 Å². The Balaban J connectivity index is 0.00000225. The zero-order valence-corrected chi connectivity index (χ0v) is 18.6. The first-order valence-electron chi connectivity index (χ1n) is 10.4. The summed E-state index contributed by atoms with van der Waals surface area (Å²) in [5.41, 5.74) is 1.74. The number of nitrogens with zero attached hydrogens (tertiary/aromatic N) is 2. The summed E-state index contributed by atoms with van der Waals surface area (Å²) in [5, 5.41) is 10.5. The molecule has 0 aliphatic carbocycles. The molecule has 2 aliphatic rings. The summed E-state index contributed by atoms with van der Waals surface area (Å²) in [4.78, 5) is 0. The molecular formula is C25H31BrN2. The van der Waals surface area contributed by atoms with E-state index < -0.39 is 5.41 Å². The first-order chi connectivity index (χ1) is 13.1. The van der Waals surface area contributed by atoms with E-state index in [1.165, 1.54) is 36.6 Å². The number of piperidine rings is 2. The summed E-state index contributed by atoms with van der Waals surface area (Å²) in [7, 11) is 4.85. The van der Waals surface area contributed by atoms with Crippen molar-refractivity contribution in [3.63, 3.8) is 0 Å². The SMILES string of the molecule is C[N+]1(C)C2CCCC1CC(CC(C#N)(c1ccccc1)c1ccccc1)C2.[Br-]. The molecule has 0 radical (unpaired) electrons. The number of nitriles is 1. The molecule has 0 aromatic heterocycles. The molecule has 2 unspecified atom stereocenters. The van der Waals surface area contributed by atoms with Crippen LogP contribution in [0.1, 0.15) is 49.7 Å². The van der Waals surface area contributed by atoms with Crippen LogP contribution in [0.3, 0.4) is 0 Å². The van der Waals surface area contributed by atoms with Crippen LogP contribution in [0, 0.1) is 17.2 Å². The minimum Gasteiger partial charge on any atom is -1.00 e. The highest BCUT2D eigenvalue weighted by Gasteiger charge is 2.48. The molecular weight excluding hydrogens is 408 g/mol. The largest absolute Gasteiger partial charge is 1.00 e. The van der Waals surface area contributed by atoms with Gasteiger partial charge in [0, 0.05) is 12.8 Å². The smallest absolute Gasteiger partial charge is 0.107 e. The lowest BCUT2D eigenvalue weighted by Gasteiger charge is -2.54. The lowest BCUT2D eigenvalue weighted by atomic mass is 9.65. The van der Waals surface area contributed by atoms with Crippen molar-refractivity contribution in [3.05, 3.63) is 71.8 Å². The topological polar surface area (TPSA) is 23.8 Å². The maximum Gasteiger partial charge on any atom is 0.107 e. The van der Waals surface area contributed by atoms with Gasteiger partial charge in [-0.05, 0) is 42.7 Å². The molecule has 2 aliphatic heterocycles. The zero-order valence-electron chi connectivity index (χ0n) is 17.0. The summed E-state index contributed by atoms with van der Waals surface area (Å²) >= 11 is 0. The van der Waals surface area contributed by atoms with Crippen molar-refractivity contribution in [2.45, 2.75) is 56.0 Å². The Morgan fingerprint density at radius 2 is 1.36 bits per heavy atom. The second-order valence-corrected chi connectivity index (χ2v) is 9.16. The van der Waals surface area contributed by atoms with Crippen molar-refractivity contribution in [1.82, 2.24) is 0 Å². The van der Waals surface area contributed by atoms with Crippen LogP contribution >= 0.6 is 0 Å². The number of fused-ring (bicyclic) bond motifs is 2. The molecule has 2 nitrogen and oxygen atoms in total. The third-order valence-corrected chi connectivity index (χ3v) is 7.49. The van der Waals surface area contributed by atoms with Crippen LogP contribution in [0.5, 0.6) is 0 Å². The van der Waals surface area contributed by atoms with Crippen LogP contribution in [0.15, 0.2) is 60.7 Å². The molecule has 0 amide bonds. The molecule has 28 heavy (non-hydrogen) atoms. The Labute approximate surface area is 180 Å². The van der Waals surface area contributed by atoms with E-state index in [1.807, 2.05) is 12.1 Å². The third-order valence-electron chi connectivity index (χ3n) is 7.49. The maximum absolute atomic E-state index is 10.5. The minimum atomic E-state index is -0.546. The van der Waals surface area contributed by atoms with Crippen LogP contribution < -0.4 is 17.0 Å². The lowest BCUT2D eigenvalue weighted by molar-refractivity contribution is -0.950. The van der Waals surface area contributed by atoms with E-state index >= 15 is 0 Å². The van der Waals surface area contributed by atoms with Crippen molar-refractivity contribution >= 4 is 0 Å². The lowest BCUT2D eigenvalue weighted by Crippen LogP contribution is -3.00. The van der Waals surface area contributed by atoms with Crippen molar-refractivity contribution in [2.75, 3.05) is 14.1 Å². The van der Waals surface area contributed by atoms with Crippen molar-refractivity contribution in [2.24, 2.45) is 5.92 Å². The van der Waals surface area contributed by atoms with E-state index in [1.54, 1.807) is 0 Å². The predicted molar refractivity (Wildman–Crippen MR) is 110 cm³/mol.